The molecule has 3 aromatic rings. The molecule has 4 rings (SSSR count). The van der Waals surface area contributed by atoms with Gasteiger partial charge in [-0.15, -0.1) is 0 Å². The molecule has 28 heavy (non-hydrogen) atoms. The van der Waals surface area contributed by atoms with Crippen LogP contribution in [0.25, 0.3) is 11.4 Å². The number of aromatic nitrogens is 2. The minimum atomic E-state index is -3.64. The van der Waals surface area contributed by atoms with E-state index in [1.807, 2.05) is 0 Å². The van der Waals surface area contributed by atoms with Crippen LogP contribution < -0.4 is 10.0 Å². The summed E-state index contributed by atoms with van der Waals surface area (Å²) in [5, 5.41) is 6.67. The molecule has 1 aliphatic carbocycles. The molecule has 0 spiro atoms. The Hall–Kier alpha value is -3.04. The number of carbonyl (C=O) groups excluding carboxylic acids is 1. The predicted octanol–water partition coefficient (Wildman–Crippen LogP) is 2.74. The highest BCUT2D eigenvalue weighted by molar-refractivity contribution is 7.89. The third-order valence-corrected chi connectivity index (χ3v) is 5.77. The van der Waals surface area contributed by atoms with Crippen molar-refractivity contribution in [1.29, 1.82) is 0 Å². The number of amides is 1. The van der Waals surface area contributed by atoms with Crippen molar-refractivity contribution in [2.75, 3.05) is 5.32 Å². The monoisotopic (exact) mass is 398 g/mol. The van der Waals surface area contributed by atoms with E-state index in [1.165, 1.54) is 12.1 Å². The van der Waals surface area contributed by atoms with Gasteiger partial charge in [-0.05, 0) is 43.2 Å². The van der Waals surface area contributed by atoms with E-state index in [-0.39, 0.29) is 16.5 Å². The van der Waals surface area contributed by atoms with Crippen LogP contribution in [-0.4, -0.2) is 30.5 Å². The van der Waals surface area contributed by atoms with Gasteiger partial charge in [0.2, 0.25) is 21.7 Å². The molecule has 1 aromatic heterocycles. The number of anilines is 1. The molecule has 0 saturated heterocycles. The van der Waals surface area contributed by atoms with E-state index in [2.05, 4.69) is 20.2 Å². The predicted molar refractivity (Wildman–Crippen MR) is 102 cm³/mol. The standard InChI is InChI=1S/C19H18N4O4S/c1-12-20-18(22-27-12)16-7-2-3-8-17(16)21-19(24)13-5-4-6-15(11-13)28(25,26)23-14-9-10-14/h2-8,11,14,23H,9-10H2,1H3,(H,21,24). The number of sulfonamides is 1. The maximum Gasteiger partial charge on any atom is 0.255 e. The molecule has 2 N–H and O–H groups in total. The second kappa shape index (κ2) is 7.17. The van der Waals surface area contributed by atoms with E-state index in [1.54, 1.807) is 43.3 Å². The second-order valence-corrected chi connectivity index (χ2v) is 8.27. The molecule has 144 valence electrons. The Kier molecular flexibility index (Phi) is 4.70. The van der Waals surface area contributed by atoms with Gasteiger partial charge in [0.05, 0.1) is 10.6 Å². The lowest BCUT2D eigenvalue weighted by Gasteiger charge is -2.10. The highest BCUT2D eigenvalue weighted by Gasteiger charge is 2.28. The van der Waals surface area contributed by atoms with Crippen molar-refractivity contribution in [2.45, 2.75) is 30.7 Å². The number of para-hydroxylation sites is 1. The summed E-state index contributed by atoms with van der Waals surface area (Å²) >= 11 is 0. The first-order valence-electron chi connectivity index (χ1n) is 8.76. The first-order valence-corrected chi connectivity index (χ1v) is 10.2. The first kappa shape index (κ1) is 18.3. The van der Waals surface area contributed by atoms with Gasteiger partial charge in [-0.2, -0.15) is 4.98 Å². The largest absolute Gasteiger partial charge is 0.339 e. The van der Waals surface area contributed by atoms with Gasteiger partial charge < -0.3 is 9.84 Å². The number of nitrogens with zero attached hydrogens (tertiary/aromatic N) is 2. The van der Waals surface area contributed by atoms with Crippen LogP contribution >= 0.6 is 0 Å². The smallest absolute Gasteiger partial charge is 0.255 e. The summed E-state index contributed by atoms with van der Waals surface area (Å²) in [7, 11) is -3.64. The Balaban J connectivity index is 1.59. The molecule has 8 nitrogen and oxygen atoms in total. The van der Waals surface area contributed by atoms with Crippen molar-refractivity contribution in [1.82, 2.24) is 14.9 Å². The summed E-state index contributed by atoms with van der Waals surface area (Å²) in [6.07, 6.45) is 1.68. The maximum atomic E-state index is 12.7. The number of nitrogens with one attached hydrogen (secondary N) is 2. The third kappa shape index (κ3) is 3.95. The van der Waals surface area contributed by atoms with Gasteiger partial charge in [-0.3, -0.25) is 4.79 Å². The molecular weight excluding hydrogens is 380 g/mol. The summed E-state index contributed by atoms with van der Waals surface area (Å²) in [5.41, 5.74) is 1.34. The van der Waals surface area contributed by atoms with Gasteiger partial charge in [-0.1, -0.05) is 23.4 Å². The second-order valence-electron chi connectivity index (χ2n) is 6.56. The van der Waals surface area contributed by atoms with E-state index in [9.17, 15) is 13.2 Å². The van der Waals surface area contributed by atoms with Gasteiger partial charge in [0.15, 0.2) is 0 Å². The molecule has 1 fully saturated rings. The van der Waals surface area contributed by atoms with E-state index in [0.29, 0.717) is 23.0 Å². The van der Waals surface area contributed by atoms with Crippen LogP contribution in [-0.2, 0) is 10.0 Å². The number of aryl methyl sites for hydroxylation is 1. The average Bonchev–Trinajstić information content (AvgIpc) is 3.38. The van der Waals surface area contributed by atoms with Crippen molar-refractivity contribution >= 4 is 21.6 Å². The maximum absolute atomic E-state index is 12.7. The highest BCUT2D eigenvalue weighted by Crippen LogP contribution is 2.26. The first-order chi connectivity index (χ1) is 13.4. The zero-order chi connectivity index (χ0) is 19.7. The van der Waals surface area contributed by atoms with E-state index in [4.69, 9.17) is 4.52 Å². The number of hydrogen-bond donors (Lipinski definition) is 2. The molecule has 9 heteroatoms. The van der Waals surface area contributed by atoms with Crippen LogP contribution in [0.3, 0.4) is 0 Å². The van der Waals surface area contributed by atoms with E-state index >= 15 is 0 Å². The summed E-state index contributed by atoms with van der Waals surface area (Å²) in [6.45, 7) is 1.68. The lowest BCUT2D eigenvalue weighted by Crippen LogP contribution is -2.26. The normalized spacial score (nSPS) is 14.0. The molecule has 0 radical (unpaired) electrons. The van der Waals surface area contributed by atoms with Crippen molar-refractivity contribution in [2.24, 2.45) is 0 Å². The fraction of sp³-hybridized carbons (Fsp3) is 0.211. The SMILES string of the molecule is Cc1nc(-c2ccccc2NC(=O)c2cccc(S(=O)(=O)NC3CC3)c2)no1. The number of rotatable bonds is 6. The fourth-order valence-corrected chi connectivity index (χ4v) is 4.03. The van der Waals surface area contributed by atoms with E-state index < -0.39 is 15.9 Å². The van der Waals surface area contributed by atoms with Crippen LogP contribution in [0.5, 0.6) is 0 Å². The number of benzene rings is 2. The highest BCUT2D eigenvalue weighted by atomic mass is 32.2. The molecule has 1 saturated carbocycles. The van der Waals surface area contributed by atoms with Gasteiger partial charge in [0, 0.05) is 24.1 Å². The van der Waals surface area contributed by atoms with Crippen molar-refractivity contribution in [3.05, 3.63) is 60.0 Å². The molecule has 0 aliphatic heterocycles. The van der Waals surface area contributed by atoms with Crippen LogP contribution in [0.2, 0.25) is 0 Å². The molecule has 1 amide bonds. The van der Waals surface area contributed by atoms with Crippen LogP contribution in [0.1, 0.15) is 29.1 Å². The lowest BCUT2D eigenvalue weighted by molar-refractivity contribution is 0.102. The molecule has 1 heterocycles. The Morgan fingerprint density at radius 3 is 2.64 bits per heavy atom. The van der Waals surface area contributed by atoms with Gasteiger partial charge in [0.25, 0.3) is 5.91 Å². The molecular formula is C19H18N4O4S. The number of carbonyl (C=O) groups is 1. The fourth-order valence-electron chi connectivity index (χ4n) is 2.68. The number of hydrogen-bond acceptors (Lipinski definition) is 6. The van der Waals surface area contributed by atoms with Crippen LogP contribution in [0.15, 0.2) is 57.9 Å². The molecule has 0 bridgehead atoms. The minimum absolute atomic E-state index is 0.00669. The van der Waals surface area contributed by atoms with Crippen molar-refractivity contribution in [3.8, 4) is 11.4 Å². The third-order valence-electron chi connectivity index (χ3n) is 4.25. The topological polar surface area (TPSA) is 114 Å². The van der Waals surface area contributed by atoms with Crippen molar-refractivity contribution in [3.63, 3.8) is 0 Å². The summed E-state index contributed by atoms with van der Waals surface area (Å²) in [5.74, 6) is 0.340. The Morgan fingerprint density at radius 2 is 1.93 bits per heavy atom. The minimum Gasteiger partial charge on any atom is -0.339 e. The molecule has 2 aromatic carbocycles. The molecule has 0 atom stereocenters. The molecule has 0 unspecified atom stereocenters. The van der Waals surface area contributed by atoms with E-state index in [0.717, 1.165) is 12.8 Å². The van der Waals surface area contributed by atoms with Gasteiger partial charge >= 0.3 is 0 Å². The zero-order valence-electron chi connectivity index (χ0n) is 15.0. The quantitative estimate of drug-likeness (QED) is 0.660. The zero-order valence-corrected chi connectivity index (χ0v) is 15.9. The summed E-state index contributed by atoms with van der Waals surface area (Å²) in [6, 6.07) is 13.0. The Morgan fingerprint density at radius 1 is 1.14 bits per heavy atom. The summed E-state index contributed by atoms with van der Waals surface area (Å²) in [4.78, 5) is 17.0. The molecule has 1 aliphatic rings. The Bertz CT molecular complexity index is 1140. The Labute approximate surface area is 162 Å². The van der Waals surface area contributed by atoms with Gasteiger partial charge in [-0.25, -0.2) is 13.1 Å². The lowest BCUT2D eigenvalue weighted by atomic mass is 10.1. The van der Waals surface area contributed by atoms with Gasteiger partial charge in [0.1, 0.15) is 0 Å². The van der Waals surface area contributed by atoms with Crippen molar-refractivity contribution < 1.29 is 17.7 Å². The average molecular weight is 398 g/mol. The summed E-state index contributed by atoms with van der Waals surface area (Å²) < 4.78 is 32.4. The van der Waals surface area contributed by atoms with Crippen LogP contribution in [0.4, 0.5) is 5.69 Å². The van der Waals surface area contributed by atoms with Crippen LogP contribution in [0, 0.1) is 6.92 Å².